The second kappa shape index (κ2) is 6.93. The van der Waals surface area contributed by atoms with E-state index >= 15 is 0 Å². The highest BCUT2D eigenvalue weighted by molar-refractivity contribution is 7.88. The summed E-state index contributed by atoms with van der Waals surface area (Å²) >= 11 is 0. The molecule has 0 radical (unpaired) electrons. The van der Waals surface area contributed by atoms with Gasteiger partial charge in [0.2, 0.25) is 15.9 Å². The maximum absolute atomic E-state index is 11.4. The second-order valence-electron chi connectivity index (χ2n) is 4.38. The molecule has 100 valence electrons. The minimum absolute atomic E-state index is 0.0906. The molecule has 3 N–H and O–H groups in total. The third-order valence-corrected chi connectivity index (χ3v) is 3.45. The summed E-state index contributed by atoms with van der Waals surface area (Å²) in [6.07, 6.45) is 5.84. The summed E-state index contributed by atoms with van der Waals surface area (Å²) in [6, 6.07) is 0.467. The van der Waals surface area contributed by atoms with E-state index in [1.807, 2.05) is 0 Å². The topological polar surface area (TPSA) is 87.3 Å². The van der Waals surface area contributed by atoms with E-state index in [9.17, 15) is 13.2 Å². The zero-order valence-corrected chi connectivity index (χ0v) is 11.0. The lowest BCUT2D eigenvalue weighted by atomic mass is 10.2. The molecule has 0 bridgehead atoms. The first-order chi connectivity index (χ1) is 7.97. The van der Waals surface area contributed by atoms with Gasteiger partial charge in [0.05, 0.1) is 12.8 Å². The van der Waals surface area contributed by atoms with Gasteiger partial charge in [-0.25, -0.2) is 13.1 Å². The number of amides is 1. The summed E-state index contributed by atoms with van der Waals surface area (Å²) in [5, 5.41) is 5.84. The van der Waals surface area contributed by atoms with Gasteiger partial charge in [0.25, 0.3) is 0 Å². The molecular formula is C10H21N3O3S. The van der Waals surface area contributed by atoms with Crippen molar-refractivity contribution in [3.63, 3.8) is 0 Å². The number of nitrogens with one attached hydrogen (secondary N) is 3. The van der Waals surface area contributed by atoms with Crippen LogP contribution in [-0.4, -0.2) is 46.3 Å². The van der Waals surface area contributed by atoms with Crippen LogP contribution < -0.4 is 15.4 Å². The van der Waals surface area contributed by atoms with Crippen LogP contribution in [0.3, 0.4) is 0 Å². The molecule has 6 nitrogen and oxygen atoms in total. The predicted molar refractivity (Wildman–Crippen MR) is 66.1 cm³/mol. The third-order valence-electron chi connectivity index (χ3n) is 2.72. The fourth-order valence-electron chi connectivity index (χ4n) is 1.87. The lowest BCUT2D eigenvalue weighted by Crippen LogP contribution is -2.41. The molecule has 7 heteroatoms. The number of carbonyl (C=O) groups is 1. The molecular weight excluding hydrogens is 242 g/mol. The van der Waals surface area contributed by atoms with Gasteiger partial charge < -0.3 is 10.6 Å². The highest BCUT2D eigenvalue weighted by atomic mass is 32.2. The van der Waals surface area contributed by atoms with Crippen LogP contribution in [0.5, 0.6) is 0 Å². The van der Waals surface area contributed by atoms with Crippen molar-refractivity contribution in [1.29, 1.82) is 0 Å². The van der Waals surface area contributed by atoms with E-state index in [-0.39, 0.29) is 12.5 Å². The van der Waals surface area contributed by atoms with Gasteiger partial charge in [-0.2, -0.15) is 0 Å². The lowest BCUT2D eigenvalue weighted by molar-refractivity contribution is -0.120. The van der Waals surface area contributed by atoms with Crippen LogP contribution in [0.2, 0.25) is 0 Å². The summed E-state index contributed by atoms with van der Waals surface area (Å²) in [6.45, 7) is 0.857. The third kappa shape index (κ3) is 7.30. The highest BCUT2D eigenvalue weighted by Gasteiger charge is 2.14. The van der Waals surface area contributed by atoms with Gasteiger partial charge in [0, 0.05) is 19.1 Å². The van der Waals surface area contributed by atoms with E-state index in [1.54, 1.807) is 0 Å². The van der Waals surface area contributed by atoms with Crippen LogP contribution in [0.1, 0.15) is 25.7 Å². The molecule has 1 aliphatic rings. The van der Waals surface area contributed by atoms with Crippen LogP contribution in [0, 0.1) is 0 Å². The molecule has 17 heavy (non-hydrogen) atoms. The van der Waals surface area contributed by atoms with Gasteiger partial charge in [-0.3, -0.25) is 4.79 Å². The first kappa shape index (κ1) is 14.4. The number of hydrogen-bond acceptors (Lipinski definition) is 4. The van der Waals surface area contributed by atoms with Gasteiger partial charge >= 0.3 is 0 Å². The zero-order valence-electron chi connectivity index (χ0n) is 10.2. The first-order valence-corrected chi connectivity index (χ1v) is 7.81. The summed E-state index contributed by atoms with van der Waals surface area (Å²) < 4.78 is 23.8. The van der Waals surface area contributed by atoms with Gasteiger partial charge in [-0.15, -0.1) is 0 Å². The Morgan fingerprint density at radius 2 is 1.88 bits per heavy atom. The Morgan fingerprint density at radius 3 is 2.47 bits per heavy atom. The minimum Gasteiger partial charge on any atom is -0.354 e. The van der Waals surface area contributed by atoms with E-state index in [0.29, 0.717) is 19.1 Å². The average molecular weight is 263 g/mol. The lowest BCUT2D eigenvalue weighted by Gasteiger charge is -2.11. The molecule has 0 heterocycles. The quantitative estimate of drug-likeness (QED) is 0.524. The van der Waals surface area contributed by atoms with Gasteiger partial charge in [0.1, 0.15) is 0 Å². The van der Waals surface area contributed by atoms with E-state index in [0.717, 1.165) is 19.1 Å². The van der Waals surface area contributed by atoms with Crippen molar-refractivity contribution in [3.05, 3.63) is 0 Å². The van der Waals surface area contributed by atoms with Crippen molar-refractivity contribution >= 4 is 15.9 Å². The smallest absolute Gasteiger partial charge is 0.234 e. The van der Waals surface area contributed by atoms with Crippen LogP contribution in [0.15, 0.2) is 0 Å². The molecule has 0 saturated heterocycles. The molecule has 1 amide bonds. The molecule has 0 atom stereocenters. The summed E-state index contributed by atoms with van der Waals surface area (Å²) in [5.41, 5.74) is 0. The highest BCUT2D eigenvalue weighted by Crippen LogP contribution is 2.16. The zero-order chi connectivity index (χ0) is 12.7. The monoisotopic (exact) mass is 263 g/mol. The second-order valence-corrected chi connectivity index (χ2v) is 6.21. The van der Waals surface area contributed by atoms with Crippen molar-refractivity contribution in [2.24, 2.45) is 0 Å². The summed E-state index contributed by atoms with van der Waals surface area (Å²) in [4.78, 5) is 11.4. The van der Waals surface area contributed by atoms with Crippen molar-refractivity contribution in [3.8, 4) is 0 Å². The molecule has 0 aromatic carbocycles. The van der Waals surface area contributed by atoms with Crippen molar-refractivity contribution in [1.82, 2.24) is 15.4 Å². The molecule has 0 spiro atoms. The Labute approximate surface area is 103 Å². The van der Waals surface area contributed by atoms with E-state index < -0.39 is 10.0 Å². The van der Waals surface area contributed by atoms with Gasteiger partial charge in [-0.1, -0.05) is 12.8 Å². The predicted octanol–water partition coefficient (Wildman–Crippen LogP) is -0.816. The maximum Gasteiger partial charge on any atom is 0.234 e. The molecule has 1 fully saturated rings. The molecule has 0 aromatic heterocycles. The SMILES string of the molecule is CS(=O)(=O)NCCNC(=O)CNC1CCCC1. The van der Waals surface area contributed by atoms with Crippen LogP contribution in [0.25, 0.3) is 0 Å². The van der Waals surface area contributed by atoms with E-state index in [1.165, 1.54) is 12.8 Å². The molecule has 1 rings (SSSR count). The molecule has 1 saturated carbocycles. The van der Waals surface area contributed by atoms with Gasteiger partial charge in [-0.05, 0) is 12.8 Å². The van der Waals surface area contributed by atoms with Crippen LogP contribution in [-0.2, 0) is 14.8 Å². The molecule has 0 unspecified atom stereocenters. The maximum atomic E-state index is 11.4. The molecule has 0 aromatic rings. The molecule has 0 aliphatic heterocycles. The number of hydrogen-bond donors (Lipinski definition) is 3. The van der Waals surface area contributed by atoms with Gasteiger partial charge in [0.15, 0.2) is 0 Å². The summed E-state index contributed by atoms with van der Waals surface area (Å²) in [5.74, 6) is -0.0906. The van der Waals surface area contributed by atoms with E-state index in [2.05, 4.69) is 15.4 Å². The van der Waals surface area contributed by atoms with Crippen LogP contribution >= 0.6 is 0 Å². The standard InChI is InChI=1S/C10H21N3O3S/c1-17(15,16)13-7-6-11-10(14)8-12-9-4-2-3-5-9/h9,12-13H,2-8H2,1H3,(H,11,14). The molecule has 1 aliphatic carbocycles. The van der Waals surface area contributed by atoms with E-state index in [4.69, 9.17) is 0 Å². The summed E-state index contributed by atoms with van der Waals surface area (Å²) in [7, 11) is -3.16. The average Bonchev–Trinajstić information content (AvgIpc) is 2.73. The Balaban J connectivity index is 2.01. The Bertz CT molecular complexity index is 337. The van der Waals surface area contributed by atoms with Crippen molar-refractivity contribution < 1.29 is 13.2 Å². The fourth-order valence-corrected chi connectivity index (χ4v) is 2.34. The number of rotatable bonds is 7. The number of carbonyl (C=O) groups excluding carboxylic acids is 1. The Hall–Kier alpha value is -0.660. The largest absolute Gasteiger partial charge is 0.354 e. The fraction of sp³-hybridized carbons (Fsp3) is 0.900. The van der Waals surface area contributed by atoms with Crippen molar-refractivity contribution in [2.75, 3.05) is 25.9 Å². The Kier molecular flexibility index (Phi) is 5.87. The Morgan fingerprint density at radius 1 is 1.24 bits per heavy atom. The van der Waals surface area contributed by atoms with Crippen molar-refractivity contribution in [2.45, 2.75) is 31.7 Å². The normalized spacial score (nSPS) is 17.2. The minimum atomic E-state index is -3.16. The number of sulfonamides is 1. The first-order valence-electron chi connectivity index (χ1n) is 5.92. The van der Waals surface area contributed by atoms with Crippen LogP contribution in [0.4, 0.5) is 0 Å².